The van der Waals surface area contributed by atoms with Gasteiger partial charge in [-0.25, -0.2) is 4.39 Å². The summed E-state index contributed by atoms with van der Waals surface area (Å²) >= 11 is 0. The second-order valence-corrected chi connectivity index (χ2v) is 3.00. The van der Waals surface area contributed by atoms with E-state index < -0.39 is 5.79 Å². The Kier molecular flexibility index (Phi) is 3.87. The van der Waals surface area contributed by atoms with Gasteiger partial charge in [-0.05, 0) is 26.7 Å². The van der Waals surface area contributed by atoms with Crippen LogP contribution in [0.5, 0.6) is 0 Å². The zero-order chi connectivity index (χ0) is 8.20. The minimum atomic E-state index is -1.19. The summed E-state index contributed by atoms with van der Waals surface area (Å²) in [5.74, 6) is -1.19. The molecule has 0 aliphatic carbocycles. The van der Waals surface area contributed by atoms with Gasteiger partial charge in [-0.2, -0.15) is 0 Å². The topological polar surface area (TPSA) is 12.0 Å². The summed E-state index contributed by atoms with van der Waals surface area (Å²) in [6.07, 6.45) is 1.50. The SMILES string of the molecule is CCC(C)NC(C)(F)CC. The maximum absolute atomic E-state index is 13.1. The second kappa shape index (κ2) is 3.91. The molecule has 10 heavy (non-hydrogen) atoms. The highest BCUT2D eigenvalue weighted by atomic mass is 19.1. The van der Waals surface area contributed by atoms with Gasteiger partial charge in [-0.15, -0.1) is 0 Å². The Labute approximate surface area is 63.0 Å². The van der Waals surface area contributed by atoms with E-state index in [-0.39, 0.29) is 6.04 Å². The van der Waals surface area contributed by atoms with Crippen LogP contribution >= 0.6 is 0 Å². The first-order valence-electron chi connectivity index (χ1n) is 3.98. The molecule has 0 aliphatic rings. The Hall–Kier alpha value is -0.110. The quantitative estimate of drug-likeness (QED) is 0.602. The smallest absolute Gasteiger partial charge is 0.158 e. The van der Waals surface area contributed by atoms with Crippen LogP contribution in [0.15, 0.2) is 0 Å². The minimum absolute atomic E-state index is 0.273. The van der Waals surface area contributed by atoms with Gasteiger partial charge in [0.25, 0.3) is 0 Å². The molecule has 2 heteroatoms. The van der Waals surface area contributed by atoms with E-state index in [1.54, 1.807) is 6.92 Å². The van der Waals surface area contributed by atoms with E-state index in [0.717, 1.165) is 6.42 Å². The van der Waals surface area contributed by atoms with Crippen LogP contribution in [0.2, 0.25) is 0 Å². The predicted molar refractivity (Wildman–Crippen MR) is 42.7 cm³/mol. The lowest BCUT2D eigenvalue weighted by atomic mass is 10.1. The Bertz CT molecular complexity index is 91.3. The van der Waals surface area contributed by atoms with Crippen molar-refractivity contribution in [2.45, 2.75) is 52.4 Å². The minimum Gasteiger partial charge on any atom is -0.283 e. The van der Waals surface area contributed by atoms with Crippen molar-refractivity contribution in [3.8, 4) is 0 Å². The van der Waals surface area contributed by atoms with Crippen LogP contribution < -0.4 is 5.32 Å². The van der Waals surface area contributed by atoms with Crippen molar-refractivity contribution in [3.63, 3.8) is 0 Å². The third-order valence-corrected chi connectivity index (χ3v) is 1.82. The summed E-state index contributed by atoms with van der Waals surface area (Å²) in [5, 5.41) is 2.89. The number of hydrogen-bond acceptors (Lipinski definition) is 1. The van der Waals surface area contributed by atoms with Gasteiger partial charge in [0.1, 0.15) is 0 Å². The molecule has 0 aromatic carbocycles. The highest BCUT2D eigenvalue weighted by Crippen LogP contribution is 2.11. The molecule has 0 amide bonds. The summed E-state index contributed by atoms with van der Waals surface area (Å²) < 4.78 is 13.1. The molecule has 0 aliphatic heterocycles. The molecule has 0 saturated carbocycles. The fraction of sp³-hybridized carbons (Fsp3) is 1.00. The maximum atomic E-state index is 13.1. The average Bonchev–Trinajstić information content (AvgIpc) is 1.87. The van der Waals surface area contributed by atoms with Gasteiger partial charge >= 0.3 is 0 Å². The Morgan fingerprint density at radius 3 is 2.30 bits per heavy atom. The highest BCUT2D eigenvalue weighted by Gasteiger charge is 2.20. The van der Waals surface area contributed by atoms with Crippen molar-refractivity contribution in [2.75, 3.05) is 0 Å². The van der Waals surface area contributed by atoms with Crippen molar-refractivity contribution >= 4 is 0 Å². The number of nitrogens with one attached hydrogen (secondary N) is 1. The lowest BCUT2D eigenvalue weighted by Crippen LogP contribution is -2.42. The molecule has 2 atom stereocenters. The van der Waals surface area contributed by atoms with Crippen molar-refractivity contribution in [1.29, 1.82) is 0 Å². The Balaban J connectivity index is 3.64. The number of rotatable bonds is 4. The zero-order valence-corrected chi connectivity index (χ0v) is 7.37. The molecule has 0 aromatic rings. The molecule has 1 N–H and O–H groups in total. The summed E-state index contributed by atoms with van der Waals surface area (Å²) in [4.78, 5) is 0. The lowest BCUT2D eigenvalue weighted by molar-refractivity contribution is 0.117. The van der Waals surface area contributed by atoms with E-state index in [9.17, 15) is 4.39 Å². The molecule has 2 unspecified atom stereocenters. The van der Waals surface area contributed by atoms with Crippen LogP contribution in [-0.2, 0) is 0 Å². The largest absolute Gasteiger partial charge is 0.283 e. The predicted octanol–water partition coefficient (Wildman–Crippen LogP) is 2.47. The van der Waals surface area contributed by atoms with Crippen LogP contribution in [0, 0.1) is 0 Å². The van der Waals surface area contributed by atoms with Crippen LogP contribution in [0.4, 0.5) is 4.39 Å². The zero-order valence-electron chi connectivity index (χ0n) is 7.37. The van der Waals surface area contributed by atoms with Crippen LogP contribution in [0.1, 0.15) is 40.5 Å². The summed E-state index contributed by atoms with van der Waals surface area (Å²) in [6, 6.07) is 0.273. The van der Waals surface area contributed by atoms with Gasteiger partial charge < -0.3 is 0 Å². The number of halogens is 1. The van der Waals surface area contributed by atoms with E-state index in [1.165, 1.54) is 0 Å². The highest BCUT2D eigenvalue weighted by molar-refractivity contribution is 4.71. The van der Waals surface area contributed by atoms with E-state index >= 15 is 0 Å². The fourth-order valence-corrected chi connectivity index (χ4v) is 0.718. The van der Waals surface area contributed by atoms with Crippen molar-refractivity contribution in [3.05, 3.63) is 0 Å². The summed E-state index contributed by atoms with van der Waals surface area (Å²) in [7, 11) is 0. The first-order valence-corrected chi connectivity index (χ1v) is 3.98. The van der Waals surface area contributed by atoms with Gasteiger partial charge in [0.2, 0.25) is 0 Å². The standard InChI is InChI=1S/C8H18FN/c1-5-7(3)10-8(4,9)6-2/h7,10H,5-6H2,1-4H3. The summed E-state index contributed by atoms with van der Waals surface area (Å²) in [6.45, 7) is 7.46. The Morgan fingerprint density at radius 2 is 2.00 bits per heavy atom. The van der Waals surface area contributed by atoms with Gasteiger partial charge in [0.15, 0.2) is 5.79 Å². The maximum Gasteiger partial charge on any atom is 0.158 e. The lowest BCUT2D eigenvalue weighted by Gasteiger charge is -2.24. The normalized spacial score (nSPS) is 20.1. The molecule has 0 spiro atoms. The molecule has 0 fully saturated rings. The van der Waals surface area contributed by atoms with Gasteiger partial charge in [-0.3, -0.25) is 5.32 Å². The first kappa shape index (κ1) is 9.89. The average molecular weight is 147 g/mol. The molecule has 0 rings (SSSR count). The van der Waals surface area contributed by atoms with E-state index in [2.05, 4.69) is 5.32 Å². The molecular formula is C8H18FN. The number of alkyl halides is 1. The first-order chi connectivity index (χ1) is 4.52. The van der Waals surface area contributed by atoms with Crippen LogP contribution in [0.25, 0.3) is 0 Å². The Morgan fingerprint density at radius 1 is 1.50 bits per heavy atom. The summed E-state index contributed by atoms with van der Waals surface area (Å²) in [5.41, 5.74) is 0. The van der Waals surface area contributed by atoms with Crippen LogP contribution in [-0.4, -0.2) is 11.8 Å². The molecule has 0 aromatic heterocycles. The molecule has 0 heterocycles. The molecule has 0 bridgehead atoms. The van der Waals surface area contributed by atoms with Gasteiger partial charge in [0, 0.05) is 6.04 Å². The van der Waals surface area contributed by atoms with Gasteiger partial charge in [0.05, 0.1) is 0 Å². The van der Waals surface area contributed by atoms with Crippen molar-refractivity contribution in [1.82, 2.24) is 5.32 Å². The monoisotopic (exact) mass is 147 g/mol. The molecular weight excluding hydrogens is 129 g/mol. The van der Waals surface area contributed by atoms with E-state index in [1.807, 2.05) is 20.8 Å². The molecule has 62 valence electrons. The van der Waals surface area contributed by atoms with Crippen molar-refractivity contribution in [2.24, 2.45) is 0 Å². The van der Waals surface area contributed by atoms with E-state index in [0.29, 0.717) is 6.42 Å². The fourth-order valence-electron chi connectivity index (χ4n) is 0.718. The third-order valence-electron chi connectivity index (χ3n) is 1.82. The molecule has 0 radical (unpaired) electrons. The molecule has 1 nitrogen and oxygen atoms in total. The van der Waals surface area contributed by atoms with Crippen molar-refractivity contribution < 1.29 is 4.39 Å². The molecule has 0 saturated heterocycles. The van der Waals surface area contributed by atoms with E-state index in [4.69, 9.17) is 0 Å². The van der Waals surface area contributed by atoms with Crippen LogP contribution in [0.3, 0.4) is 0 Å². The number of hydrogen-bond donors (Lipinski definition) is 1. The second-order valence-electron chi connectivity index (χ2n) is 3.00. The third kappa shape index (κ3) is 3.83. The van der Waals surface area contributed by atoms with Gasteiger partial charge in [-0.1, -0.05) is 13.8 Å².